The van der Waals surface area contributed by atoms with Gasteiger partial charge in [-0.25, -0.2) is 0 Å². The number of rotatable bonds is 18. The number of aliphatic hydroxyl groups is 1. The number of carbonyl (C=O) groups is 5. The van der Waals surface area contributed by atoms with Crippen LogP contribution in [-0.4, -0.2) is 102 Å². The van der Waals surface area contributed by atoms with Gasteiger partial charge >= 0.3 is 0 Å². The molecule has 0 aliphatic carbocycles. The first-order chi connectivity index (χ1) is 17.7. The number of aliphatic hydroxyl groups excluding tert-OH is 1. The molecule has 0 aliphatic heterocycles. The molecule has 38 heavy (non-hydrogen) atoms. The molecular weight excluding hydrogens is 490 g/mol. The van der Waals surface area contributed by atoms with E-state index < -0.39 is 53.9 Å². The number of amides is 4. The third-order valence-electron chi connectivity index (χ3n) is 6.52. The lowest BCUT2D eigenvalue weighted by Gasteiger charge is -2.31. The van der Waals surface area contributed by atoms with Crippen molar-refractivity contribution >= 4 is 29.9 Å². The van der Waals surface area contributed by atoms with Gasteiger partial charge in [-0.1, -0.05) is 40.2 Å². The van der Waals surface area contributed by atoms with Crippen LogP contribution in [0.4, 0.5) is 0 Å². The monoisotopic (exact) mass is 539 g/mol. The Bertz CT molecular complexity index is 803. The predicted molar refractivity (Wildman–Crippen MR) is 147 cm³/mol. The quantitative estimate of drug-likeness (QED) is 0.146. The highest BCUT2D eigenvalue weighted by Crippen LogP contribution is 2.12. The summed E-state index contributed by atoms with van der Waals surface area (Å²) in [5, 5.41) is 18.6. The first-order valence-electron chi connectivity index (χ1n) is 13.3. The predicted octanol–water partition coefficient (Wildman–Crippen LogP) is 0.468. The summed E-state index contributed by atoms with van der Waals surface area (Å²) in [6, 6.07) is -3.85. The fraction of sp³-hybridized carbons (Fsp3) is 0.741. The van der Waals surface area contributed by atoms with Crippen molar-refractivity contribution in [2.75, 3.05) is 27.2 Å². The Morgan fingerprint density at radius 2 is 1.55 bits per heavy atom. The molecule has 0 spiro atoms. The van der Waals surface area contributed by atoms with Crippen molar-refractivity contribution in [3.63, 3.8) is 0 Å². The molecule has 0 bridgehead atoms. The highest BCUT2D eigenvalue weighted by atomic mass is 16.3. The van der Waals surface area contributed by atoms with Gasteiger partial charge in [-0.05, 0) is 52.6 Å². The van der Waals surface area contributed by atoms with Crippen LogP contribution in [0.2, 0.25) is 0 Å². The van der Waals surface area contributed by atoms with Gasteiger partial charge in [0.1, 0.15) is 24.4 Å². The van der Waals surface area contributed by atoms with Gasteiger partial charge in [0.2, 0.25) is 23.6 Å². The molecule has 0 aliphatic rings. The Hall–Kier alpha value is -2.79. The highest BCUT2D eigenvalue weighted by Gasteiger charge is 2.35. The van der Waals surface area contributed by atoms with Crippen LogP contribution in [0.5, 0.6) is 0 Å². The molecule has 0 aromatic rings. The van der Waals surface area contributed by atoms with E-state index in [1.165, 1.54) is 11.8 Å². The zero-order valence-electron chi connectivity index (χ0n) is 24.3. The Labute approximate surface area is 227 Å². The fourth-order valence-corrected chi connectivity index (χ4v) is 3.54. The lowest BCUT2D eigenvalue weighted by Crippen LogP contribution is -2.61. The van der Waals surface area contributed by atoms with E-state index in [1.807, 2.05) is 13.8 Å². The standard InChI is InChI=1S/C27H49N5O6/c1-10-12-13-32(14-15-33)27(38)19(6)28-25(36)21(16-18(5)11-2)29-26(37)22(23(34)17(3)4)30-24(35)20(7)31(8)9/h11,15,17-23,34H,2,10,12-14,16H2,1,3-9H3,(H,28,36)(H,29,37)(H,30,35). The van der Waals surface area contributed by atoms with E-state index >= 15 is 0 Å². The average molecular weight is 540 g/mol. The average Bonchev–Trinajstić information content (AvgIpc) is 2.87. The van der Waals surface area contributed by atoms with Crippen LogP contribution in [0.3, 0.4) is 0 Å². The lowest BCUT2D eigenvalue weighted by atomic mass is 9.96. The molecule has 11 heteroatoms. The molecule has 0 rings (SSSR count). The van der Waals surface area contributed by atoms with Gasteiger partial charge in [0.25, 0.3) is 0 Å². The van der Waals surface area contributed by atoms with Crippen LogP contribution >= 0.6 is 0 Å². The number of aldehydes is 1. The van der Waals surface area contributed by atoms with Gasteiger partial charge in [-0.15, -0.1) is 6.58 Å². The van der Waals surface area contributed by atoms with Gasteiger partial charge < -0.3 is 30.8 Å². The van der Waals surface area contributed by atoms with Gasteiger partial charge in [0, 0.05) is 6.54 Å². The maximum atomic E-state index is 13.3. The van der Waals surface area contributed by atoms with Crippen molar-refractivity contribution in [2.24, 2.45) is 11.8 Å². The zero-order valence-corrected chi connectivity index (χ0v) is 24.3. The van der Waals surface area contributed by atoms with Crippen LogP contribution in [-0.2, 0) is 24.0 Å². The summed E-state index contributed by atoms with van der Waals surface area (Å²) in [4.78, 5) is 66.2. The fourth-order valence-electron chi connectivity index (χ4n) is 3.54. The molecule has 0 aromatic carbocycles. The molecule has 218 valence electrons. The minimum atomic E-state index is -1.30. The molecule has 0 aromatic heterocycles. The Morgan fingerprint density at radius 1 is 0.947 bits per heavy atom. The SMILES string of the molecule is C=CC(C)CC(NC(=O)C(NC(=O)C(C)N(C)C)C(O)C(C)C)C(=O)NC(C)C(=O)N(CC=O)CCCC. The molecule has 0 heterocycles. The minimum Gasteiger partial charge on any atom is -0.390 e. The largest absolute Gasteiger partial charge is 0.390 e. The number of carbonyl (C=O) groups excluding carboxylic acids is 5. The maximum absolute atomic E-state index is 13.3. The van der Waals surface area contributed by atoms with Crippen molar-refractivity contribution in [1.82, 2.24) is 25.8 Å². The van der Waals surface area contributed by atoms with E-state index in [1.54, 1.807) is 45.8 Å². The molecule has 11 nitrogen and oxygen atoms in total. The number of hydrogen-bond acceptors (Lipinski definition) is 7. The number of hydrogen-bond donors (Lipinski definition) is 4. The lowest BCUT2D eigenvalue weighted by molar-refractivity contribution is -0.139. The van der Waals surface area contributed by atoms with E-state index in [0.717, 1.165) is 6.42 Å². The van der Waals surface area contributed by atoms with Crippen LogP contribution in [0.25, 0.3) is 0 Å². The summed E-state index contributed by atoms with van der Waals surface area (Å²) in [7, 11) is 3.44. The van der Waals surface area contributed by atoms with Crippen molar-refractivity contribution < 1.29 is 29.1 Å². The number of unbranched alkanes of at least 4 members (excludes halogenated alkanes) is 1. The van der Waals surface area contributed by atoms with E-state index in [-0.39, 0.29) is 24.8 Å². The second kappa shape index (κ2) is 17.7. The molecule has 0 saturated carbocycles. The molecule has 6 atom stereocenters. The third-order valence-corrected chi connectivity index (χ3v) is 6.52. The minimum absolute atomic E-state index is 0.0768. The number of allylic oxidation sites excluding steroid dienone is 1. The second-order valence-corrected chi connectivity index (χ2v) is 10.4. The summed E-state index contributed by atoms with van der Waals surface area (Å²) in [6.07, 6.45) is 2.81. The first kappa shape index (κ1) is 35.2. The molecular formula is C27H49N5O6. The maximum Gasteiger partial charge on any atom is 0.245 e. The molecule has 0 fully saturated rings. The Morgan fingerprint density at radius 3 is 2.03 bits per heavy atom. The second-order valence-electron chi connectivity index (χ2n) is 10.4. The van der Waals surface area contributed by atoms with Crippen LogP contribution in [0, 0.1) is 11.8 Å². The van der Waals surface area contributed by atoms with E-state index in [4.69, 9.17) is 0 Å². The zero-order chi connectivity index (χ0) is 29.6. The highest BCUT2D eigenvalue weighted by molar-refractivity contribution is 5.95. The van der Waals surface area contributed by atoms with Crippen molar-refractivity contribution in [2.45, 2.75) is 91.1 Å². The summed E-state index contributed by atoms with van der Waals surface area (Å²) < 4.78 is 0. The van der Waals surface area contributed by atoms with Crippen molar-refractivity contribution in [1.29, 1.82) is 0 Å². The third kappa shape index (κ3) is 11.7. The van der Waals surface area contributed by atoms with Gasteiger partial charge in [0.05, 0.1) is 18.7 Å². The normalized spacial score (nSPS) is 16.0. The van der Waals surface area contributed by atoms with Crippen LogP contribution in [0.1, 0.15) is 60.8 Å². The number of nitrogens with zero attached hydrogens (tertiary/aromatic N) is 2. The van der Waals surface area contributed by atoms with Crippen molar-refractivity contribution in [3.8, 4) is 0 Å². The number of likely N-dealkylation sites (N-methyl/N-ethyl adjacent to an activating group) is 1. The molecule has 4 N–H and O–H groups in total. The van der Waals surface area contributed by atoms with E-state index in [2.05, 4.69) is 22.5 Å². The van der Waals surface area contributed by atoms with Gasteiger partial charge in [-0.2, -0.15) is 0 Å². The van der Waals surface area contributed by atoms with Crippen molar-refractivity contribution in [3.05, 3.63) is 12.7 Å². The van der Waals surface area contributed by atoms with Gasteiger partial charge in [0.15, 0.2) is 0 Å². The van der Waals surface area contributed by atoms with Crippen LogP contribution in [0.15, 0.2) is 12.7 Å². The van der Waals surface area contributed by atoms with E-state index in [0.29, 0.717) is 19.3 Å². The van der Waals surface area contributed by atoms with Crippen LogP contribution < -0.4 is 16.0 Å². The summed E-state index contributed by atoms with van der Waals surface area (Å²) in [5.41, 5.74) is 0. The Kier molecular flexibility index (Phi) is 16.4. The Balaban J connectivity index is 5.81. The summed E-state index contributed by atoms with van der Waals surface area (Å²) >= 11 is 0. The molecule has 6 unspecified atom stereocenters. The van der Waals surface area contributed by atoms with Gasteiger partial charge in [-0.3, -0.25) is 24.1 Å². The molecule has 0 saturated heterocycles. The number of nitrogens with one attached hydrogen (secondary N) is 3. The summed E-state index contributed by atoms with van der Waals surface area (Å²) in [5.74, 6) is -2.68. The van der Waals surface area contributed by atoms with E-state index in [9.17, 15) is 29.1 Å². The summed E-state index contributed by atoms with van der Waals surface area (Å²) in [6.45, 7) is 14.5. The molecule has 0 radical (unpaired) electrons. The smallest absolute Gasteiger partial charge is 0.245 e. The topological polar surface area (TPSA) is 148 Å². The molecule has 4 amide bonds. The first-order valence-corrected chi connectivity index (χ1v) is 13.3.